The molecule has 0 saturated carbocycles. The number of aliphatic hydroxyl groups excluding tert-OH is 1. The molecule has 4 nitrogen and oxygen atoms in total. The van der Waals surface area contributed by atoms with Crippen molar-refractivity contribution in [3.05, 3.63) is 24.3 Å². The molecule has 4 heteroatoms. The summed E-state index contributed by atoms with van der Waals surface area (Å²) in [5, 5.41) is 11.9. The fourth-order valence-electron chi connectivity index (χ4n) is 1.95. The lowest BCUT2D eigenvalue weighted by Gasteiger charge is -2.20. The summed E-state index contributed by atoms with van der Waals surface area (Å²) in [5.74, 6) is 0.456. The van der Waals surface area contributed by atoms with Crippen LogP contribution in [0, 0.1) is 11.8 Å². The highest BCUT2D eigenvalue weighted by Gasteiger charge is 2.18. The second-order valence-corrected chi connectivity index (χ2v) is 5.36. The molecule has 1 amide bonds. The van der Waals surface area contributed by atoms with Crippen molar-refractivity contribution in [2.75, 3.05) is 30.4 Å². The smallest absolute Gasteiger partial charge is 0.227 e. The monoisotopic (exact) mass is 278 g/mol. The van der Waals surface area contributed by atoms with Crippen LogP contribution < -0.4 is 10.2 Å². The molecule has 1 aromatic rings. The van der Waals surface area contributed by atoms with Crippen LogP contribution in [-0.2, 0) is 4.79 Å². The first-order valence-corrected chi connectivity index (χ1v) is 7.22. The zero-order valence-corrected chi connectivity index (χ0v) is 12.9. The average Bonchev–Trinajstić information content (AvgIpc) is 2.46. The Hall–Kier alpha value is -1.55. The van der Waals surface area contributed by atoms with Gasteiger partial charge in [-0.3, -0.25) is 4.79 Å². The molecule has 1 rings (SSSR count). The second-order valence-electron chi connectivity index (χ2n) is 5.36. The Morgan fingerprint density at radius 2 is 1.90 bits per heavy atom. The summed E-state index contributed by atoms with van der Waals surface area (Å²) < 4.78 is 0. The number of benzene rings is 1. The number of nitrogens with zero attached hydrogens (tertiary/aromatic N) is 1. The molecule has 20 heavy (non-hydrogen) atoms. The van der Waals surface area contributed by atoms with Crippen molar-refractivity contribution in [2.45, 2.75) is 27.2 Å². The summed E-state index contributed by atoms with van der Waals surface area (Å²) in [7, 11) is 1.93. The third-order valence-electron chi connectivity index (χ3n) is 3.92. The molecular formula is C16H26N2O2. The molecule has 0 fully saturated rings. The standard InChI is InChI=1S/C16H26N2O2/c1-5-12(2)13(3)16(20)17-14-6-8-15(9-7-14)18(4)10-11-19/h6-9,12-13,19H,5,10-11H2,1-4H3,(H,17,20). The molecule has 0 spiro atoms. The molecule has 0 bridgehead atoms. The van der Waals surface area contributed by atoms with Gasteiger partial charge in [-0.15, -0.1) is 0 Å². The Kier molecular flexibility index (Phi) is 6.52. The highest BCUT2D eigenvalue weighted by molar-refractivity contribution is 5.92. The van der Waals surface area contributed by atoms with Gasteiger partial charge in [0.2, 0.25) is 5.91 Å². The topological polar surface area (TPSA) is 52.6 Å². The van der Waals surface area contributed by atoms with Crippen molar-refractivity contribution in [1.82, 2.24) is 0 Å². The van der Waals surface area contributed by atoms with E-state index < -0.39 is 0 Å². The maximum Gasteiger partial charge on any atom is 0.227 e. The van der Waals surface area contributed by atoms with Crippen LogP contribution in [-0.4, -0.2) is 31.2 Å². The first-order chi connectivity index (χ1) is 9.49. The van der Waals surface area contributed by atoms with Crippen LogP contribution in [0.1, 0.15) is 27.2 Å². The minimum absolute atomic E-state index is 0.0109. The Bertz CT molecular complexity index is 417. The fraction of sp³-hybridized carbons (Fsp3) is 0.562. The number of hydrogen-bond donors (Lipinski definition) is 2. The first kappa shape index (κ1) is 16.5. The molecule has 2 unspecified atom stereocenters. The Morgan fingerprint density at radius 1 is 1.30 bits per heavy atom. The highest BCUT2D eigenvalue weighted by atomic mass is 16.3. The van der Waals surface area contributed by atoms with Crippen molar-refractivity contribution >= 4 is 17.3 Å². The molecule has 0 radical (unpaired) electrons. The summed E-state index contributed by atoms with van der Waals surface area (Å²) in [6, 6.07) is 7.67. The quantitative estimate of drug-likeness (QED) is 0.806. The van der Waals surface area contributed by atoms with E-state index in [0.717, 1.165) is 17.8 Å². The van der Waals surface area contributed by atoms with Gasteiger partial charge in [-0.05, 0) is 30.2 Å². The van der Waals surface area contributed by atoms with Gasteiger partial charge in [-0.2, -0.15) is 0 Å². The van der Waals surface area contributed by atoms with Crippen molar-refractivity contribution in [3.63, 3.8) is 0 Å². The minimum Gasteiger partial charge on any atom is -0.395 e. The van der Waals surface area contributed by atoms with Gasteiger partial charge < -0.3 is 15.3 Å². The Balaban J connectivity index is 2.63. The third-order valence-corrected chi connectivity index (χ3v) is 3.92. The van der Waals surface area contributed by atoms with Crippen LogP contribution in [0.3, 0.4) is 0 Å². The van der Waals surface area contributed by atoms with Gasteiger partial charge in [0.15, 0.2) is 0 Å². The molecule has 2 atom stereocenters. The number of rotatable bonds is 7. The average molecular weight is 278 g/mol. The molecule has 2 N–H and O–H groups in total. The number of anilines is 2. The SMILES string of the molecule is CCC(C)C(C)C(=O)Nc1ccc(N(C)CCO)cc1. The lowest BCUT2D eigenvalue weighted by molar-refractivity contribution is -0.120. The molecule has 0 aliphatic heterocycles. The van der Waals surface area contributed by atoms with Gasteiger partial charge >= 0.3 is 0 Å². The van der Waals surface area contributed by atoms with Crippen molar-refractivity contribution < 1.29 is 9.90 Å². The van der Waals surface area contributed by atoms with E-state index >= 15 is 0 Å². The minimum atomic E-state index is 0.0109. The number of aliphatic hydroxyl groups is 1. The largest absolute Gasteiger partial charge is 0.395 e. The van der Waals surface area contributed by atoms with E-state index in [1.165, 1.54) is 0 Å². The van der Waals surface area contributed by atoms with Gasteiger partial charge in [0, 0.05) is 30.9 Å². The normalized spacial score (nSPS) is 13.7. The maximum atomic E-state index is 12.1. The molecule has 1 aromatic carbocycles. The zero-order valence-electron chi connectivity index (χ0n) is 12.9. The zero-order chi connectivity index (χ0) is 15.1. The van der Waals surface area contributed by atoms with Gasteiger partial charge in [-0.25, -0.2) is 0 Å². The number of nitrogens with one attached hydrogen (secondary N) is 1. The van der Waals surface area contributed by atoms with Crippen molar-refractivity contribution in [2.24, 2.45) is 11.8 Å². The Morgan fingerprint density at radius 3 is 2.40 bits per heavy atom. The lowest BCUT2D eigenvalue weighted by Crippen LogP contribution is -2.25. The molecule has 0 aliphatic carbocycles. The summed E-state index contributed by atoms with van der Waals surface area (Å²) in [4.78, 5) is 14.0. The molecule has 0 aromatic heterocycles. The number of hydrogen-bond acceptors (Lipinski definition) is 3. The van der Waals surface area contributed by atoms with Crippen LogP contribution >= 0.6 is 0 Å². The molecule has 0 heterocycles. The molecule has 0 aliphatic rings. The van der Waals surface area contributed by atoms with E-state index in [0.29, 0.717) is 12.5 Å². The summed E-state index contributed by atoms with van der Waals surface area (Å²) in [6.45, 7) is 6.88. The number of carbonyl (C=O) groups excluding carboxylic acids is 1. The summed E-state index contributed by atoms with van der Waals surface area (Å²) in [5.41, 5.74) is 1.83. The van der Waals surface area contributed by atoms with Crippen LogP contribution in [0.4, 0.5) is 11.4 Å². The van der Waals surface area contributed by atoms with Gasteiger partial charge in [-0.1, -0.05) is 27.2 Å². The van der Waals surface area contributed by atoms with Crippen molar-refractivity contribution in [1.29, 1.82) is 0 Å². The maximum absolute atomic E-state index is 12.1. The van der Waals surface area contributed by atoms with E-state index in [9.17, 15) is 4.79 Å². The van der Waals surface area contributed by atoms with Gasteiger partial charge in [0.25, 0.3) is 0 Å². The van der Waals surface area contributed by atoms with E-state index in [1.807, 2.05) is 43.1 Å². The predicted molar refractivity (Wildman–Crippen MR) is 84.0 cm³/mol. The highest BCUT2D eigenvalue weighted by Crippen LogP contribution is 2.20. The number of carbonyl (C=O) groups is 1. The molecule has 0 saturated heterocycles. The first-order valence-electron chi connectivity index (χ1n) is 7.22. The third kappa shape index (κ3) is 4.53. The molecular weight excluding hydrogens is 252 g/mol. The van der Waals surface area contributed by atoms with E-state index in [2.05, 4.69) is 19.2 Å². The summed E-state index contributed by atoms with van der Waals surface area (Å²) >= 11 is 0. The number of likely N-dealkylation sites (N-methyl/N-ethyl adjacent to an activating group) is 1. The van der Waals surface area contributed by atoms with Crippen LogP contribution in [0.15, 0.2) is 24.3 Å². The van der Waals surface area contributed by atoms with Gasteiger partial charge in [0.1, 0.15) is 0 Å². The molecule has 112 valence electrons. The predicted octanol–water partition coefficient (Wildman–Crippen LogP) is 2.74. The lowest BCUT2D eigenvalue weighted by atomic mass is 9.93. The number of amides is 1. The van der Waals surface area contributed by atoms with Gasteiger partial charge in [0.05, 0.1) is 6.61 Å². The fourth-order valence-corrected chi connectivity index (χ4v) is 1.95. The Labute approximate surface area is 121 Å². The van der Waals surface area contributed by atoms with E-state index in [1.54, 1.807) is 0 Å². The second kappa shape index (κ2) is 7.90. The van der Waals surface area contributed by atoms with Crippen LogP contribution in [0.25, 0.3) is 0 Å². The summed E-state index contributed by atoms with van der Waals surface area (Å²) in [6.07, 6.45) is 0.999. The van der Waals surface area contributed by atoms with Crippen LogP contribution in [0.5, 0.6) is 0 Å². The van der Waals surface area contributed by atoms with Crippen LogP contribution in [0.2, 0.25) is 0 Å². The van der Waals surface area contributed by atoms with E-state index in [-0.39, 0.29) is 18.4 Å². The van der Waals surface area contributed by atoms with Crippen molar-refractivity contribution in [3.8, 4) is 0 Å². The van der Waals surface area contributed by atoms with E-state index in [4.69, 9.17) is 5.11 Å².